The fourth-order valence-corrected chi connectivity index (χ4v) is 1.32. The van der Waals surface area contributed by atoms with Crippen molar-refractivity contribution < 1.29 is 0 Å². The maximum Gasteiger partial charge on any atom is 0.0891 e. The Hall–Kier alpha value is -2.03. The molecule has 2 rings (SSSR count). The molecule has 3 nitrogen and oxygen atoms in total. The van der Waals surface area contributed by atoms with E-state index in [-0.39, 0.29) is 0 Å². The molecule has 1 aromatic heterocycles. The molecule has 1 heterocycles. The van der Waals surface area contributed by atoms with Crippen LogP contribution < -0.4 is 5.73 Å². The highest BCUT2D eigenvalue weighted by molar-refractivity contribution is 5.58. The van der Waals surface area contributed by atoms with Gasteiger partial charge in [-0.05, 0) is 18.2 Å². The van der Waals surface area contributed by atoms with Gasteiger partial charge in [-0.2, -0.15) is 5.10 Å². The van der Waals surface area contributed by atoms with E-state index in [1.165, 1.54) is 0 Å². The van der Waals surface area contributed by atoms with Crippen molar-refractivity contribution in [3.8, 4) is 5.69 Å². The highest BCUT2D eigenvalue weighted by atomic mass is 15.3. The van der Waals surface area contributed by atoms with Gasteiger partial charge in [0, 0.05) is 0 Å². The summed E-state index contributed by atoms with van der Waals surface area (Å²) < 4.78 is 1.77. The van der Waals surface area contributed by atoms with Gasteiger partial charge in [-0.25, -0.2) is 4.68 Å². The van der Waals surface area contributed by atoms with Crippen LogP contribution in [0.3, 0.4) is 0 Å². The van der Waals surface area contributed by atoms with Gasteiger partial charge in [-0.15, -0.1) is 0 Å². The van der Waals surface area contributed by atoms with Crippen LogP contribution in [0.1, 0.15) is 19.5 Å². The summed E-state index contributed by atoms with van der Waals surface area (Å²) >= 11 is 0. The number of para-hydroxylation sites is 1. The molecule has 84 valence electrons. The van der Waals surface area contributed by atoms with Crippen LogP contribution >= 0.6 is 0 Å². The molecule has 0 atom stereocenters. The van der Waals surface area contributed by atoms with Crippen LogP contribution in [0.4, 0.5) is 0 Å². The van der Waals surface area contributed by atoms with E-state index in [0.717, 1.165) is 11.4 Å². The highest BCUT2D eigenvalue weighted by Crippen LogP contribution is 2.12. The zero-order valence-electron chi connectivity index (χ0n) is 9.72. The maximum atomic E-state index is 5.64. The third kappa shape index (κ3) is 2.51. The van der Waals surface area contributed by atoms with E-state index in [9.17, 15) is 0 Å². The molecule has 2 N–H and O–H groups in total. The summed E-state index contributed by atoms with van der Waals surface area (Å²) in [7, 11) is 0. The van der Waals surface area contributed by atoms with E-state index in [4.69, 9.17) is 5.73 Å². The van der Waals surface area contributed by atoms with Gasteiger partial charge in [0.15, 0.2) is 0 Å². The summed E-state index contributed by atoms with van der Waals surface area (Å²) in [6.45, 7) is 7.70. The van der Waals surface area contributed by atoms with Crippen molar-refractivity contribution in [1.29, 1.82) is 0 Å². The molecule has 0 saturated carbocycles. The zero-order valence-corrected chi connectivity index (χ0v) is 9.72. The van der Waals surface area contributed by atoms with Crippen LogP contribution in [0, 0.1) is 0 Å². The lowest BCUT2D eigenvalue weighted by atomic mass is 10.3. The van der Waals surface area contributed by atoms with Crippen LogP contribution in [0.15, 0.2) is 49.2 Å². The van der Waals surface area contributed by atoms with Gasteiger partial charge >= 0.3 is 0 Å². The average molecular weight is 215 g/mol. The van der Waals surface area contributed by atoms with Crippen LogP contribution in [0.2, 0.25) is 0 Å². The molecule has 0 radical (unpaired) electrons. The molecule has 0 unspecified atom stereocenters. The number of nitrogens with two attached hydrogens (primary N) is 1. The average Bonchev–Trinajstić information content (AvgIpc) is 2.82. The summed E-state index contributed by atoms with van der Waals surface area (Å²) in [5.41, 5.74) is 7.98. The summed E-state index contributed by atoms with van der Waals surface area (Å²) in [5.74, 6) is 0. The molecule has 0 aliphatic heterocycles. The first-order valence-electron chi connectivity index (χ1n) is 5.33. The van der Waals surface area contributed by atoms with E-state index in [1.54, 1.807) is 10.9 Å². The summed E-state index contributed by atoms with van der Waals surface area (Å²) in [6, 6.07) is 11.7. The predicted octanol–water partition coefficient (Wildman–Crippen LogP) is 2.83. The minimum atomic E-state index is 0.520. The predicted molar refractivity (Wildman–Crippen MR) is 68.1 cm³/mol. The summed E-state index contributed by atoms with van der Waals surface area (Å²) in [6.07, 6.45) is 1.71. The van der Waals surface area contributed by atoms with Crippen molar-refractivity contribution >= 4 is 5.70 Å². The van der Waals surface area contributed by atoms with Crippen molar-refractivity contribution in [1.82, 2.24) is 9.78 Å². The molecule has 2 aromatic rings. The van der Waals surface area contributed by atoms with Crippen molar-refractivity contribution in [2.45, 2.75) is 13.8 Å². The molecular formula is C13H17N3. The third-order valence-electron chi connectivity index (χ3n) is 1.97. The Labute approximate surface area is 96.2 Å². The monoisotopic (exact) mass is 215 g/mol. The van der Waals surface area contributed by atoms with E-state index in [0.29, 0.717) is 5.70 Å². The van der Waals surface area contributed by atoms with Crippen LogP contribution in [-0.2, 0) is 0 Å². The van der Waals surface area contributed by atoms with Gasteiger partial charge in [0.25, 0.3) is 0 Å². The SMILES string of the molecule is C=C(N)c1ccnn1-c1ccccc1.CC. The Morgan fingerprint density at radius 3 is 2.38 bits per heavy atom. The first kappa shape index (κ1) is 12.0. The molecular weight excluding hydrogens is 198 g/mol. The minimum Gasteiger partial charge on any atom is -0.397 e. The van der Waals surface area contributed by atoms with Crippen LogP contribution in [0.25, 0.3) is 11.4 Å². The second-order valence-corrected chi connectivity index (χ2v) is 2.99. The lowest BCUT2D eigenvalue weighted by molar-refractivity contribution is 0.865. The summed E-state index contributed by atoms with van der Waals surface area (Å²) in [4.78, 5) is 0. The lowest BCUT2D eigenvalue weighted by Crippen LogP contribution is -2.04. The van der Waals surface area contributed by atoms with Crippen molar-refractivity contribution in [3.63, 3.8) is 0 Å². The van der Waals surface area contributed by atoms with E-state index < -0.39 is 0 Å². The molecule has 0 aliphatic carbocycles. The van der Waals surface area contributed by atoms with Gasteiger partial charge < -0.3 is 5.73 Å². The lowest BCUT2D eigenvalue weighted by Gasteiger charge is -2.05. The fraction of sp³-hybridized carbons (Fsp3) is 0.154. The molecule has 0 aliphatic rings. The van der Waals surface area contributed by atoms with Gasteiger partial charge in [0.05, 0.1) is 23.3 Å². The maximum absolute atomic E-state index is 5.64. The Kier molecular flexibility index (Phi) is 4.33. The number of aromatic nitrogens is 2. The summed E-state index contributed by atoms with van der Waals surface area (Å²) in [5, 5.41) is 4.18. The number of nitrogens with zero attached hydrogens (tertiary/aromatic N) is 2. The highest BCUT2D eigenvalue weighted by Gasteiger charge is 2.04. The molecule has 0 saturated heterocycles. The Bertz CT molecular complexity index is 443. The van der Waals surface area contributed by atoms with Gasteiger partial charge in [0.2, 0.25) is 0 Å². The molecule has 0 spiro atoms. The van der Waals surface area contributed by atoms with Crippen molar-refractivity contribution in [2.75, 3.05) is 0 Å². The first-order chi connectivity index (χ1) is 7.79. The second-order valence-electron chi connectivity index (χ2n) is 2.99. The van der Waals surface area contributed by atoms with Gasteiger partial charge in [-0.1, -0.05) is 38.6 Å². The number of benzene rings is 1. The quantitative estimate of drug-likeness (QED) is 0.837. The smallest absolute Gasteiger partial charge is 0.0891 e. The van der Waals surface area contributed by atoms with E-state index >= 15 is 0 Å². The Balaban J connectivity index is 0.000000606. The molecule has 1 aromatic carbocycles. The first-order valence-corrected chi connectivity index (χ1v) is 5.33. The number of hydrogen-bond donors (Lipinski definition) is 1. The Morgan fingerprint density at radius 1 is 1.19 bits per heavy atom. The molecule has 0 bridgehead atoms. The fourth-order valence-electron chi connectivity index (χ4n) is 1.32. The second kappa shape index (κ2) is 5.75. The zero-order chi connectivity index (χ0) is 12.0. The largest absolute Gasteiger partial charge is 0.397 e. The Morgan fingerprint density at radius 2 is 1.81 bits per heavy atom. The number of hydrogen-bond acceptors (Lipinski definition) is 2. The van der Waals surface area contributed by atoms with Crippen molar-refractivity contribution in [2.24, 2.45) is 5.73 Å². The molecule has 16 heavy (non-hydrogen) atoms. The molecule has 3 heteroatoms. The van der Waals surface area contributed by atoms with E-state index in [2.05, 4.69) is 11.7 Å². The third-order valence-corrected chi connectivity index (χ3v) is 1.97. The number of rotatable bonds is 2. The minimum absolute atomic E-state index is 0.520. The van der Waals surface area contributed by atoms with Gasteiger partial charge in [0.1, 0.15) is 0 Å². The topological polar surface area (TPSA) is 43.8 Å². The molecule has 0 amide bonds. The molecule has 0 fully saturated rings. The van der Waals surface area contributed by atoms with E-state index in [1.807, 2.05) is 50.2 Å². The van der Waals surface area contributed by atoms with Gasteiger partial charge in [-0.3, -0.25) is 0 Å². The van der Waals surface area contributed by atoms with Crippen molar-refractivity contribution in [3.05, 3.63) is 54.9 Å². The normalized spacial score (nSPS) is 9.12. The standard InChI is InChI=1S/C11H11N3.C2H6/c1-9(12)11-7-8-13-14(11)10-5-3-2-4-6-10;1-2/h2-8H,1,12H2;1-2H3. The van der Waals surface area contributed by atoms with Crippen LogP contribution in [0.5, 0.6) is 0 Å². The van der Waals surface area contributed by atoms with Crippen LogP contribution in [-0.4, -0.2) is 9.78 Å².